The molecule has 1 fully saturated rings. The molecule has 2 nitrogen and oxygen atoms in total. The number of carbonyl (C=O) groups is 1. The summed E-state index contributed by atoms with van der Waals surface area (Å²) < 4.78 is 0. The summed E-state index contributed by atoms with van der Waals surface area (Å²) in [5, 5.41) is 0.950. The summed E-state index contributed by atoms with van der Waals surface area (Å²) >= 11 is 14.0. The van der Waals surface area contributed by atoms with E-state index in [0.29, 0.717) is 21.2 Å². The van der Waals surface area contributed by atoms with E-state index in [1.807, 2.05) is 30.0 Å². The van der Waals surface area contributed by atoms with Crippen molar-refractivity contribution in [3.63, 3.8) is 0 Å². The molecule has 1 saturated heterocycles. The van der Waals surface area contributed by atoms with Crippen molar-refractivity contribution in [3.8, 4) is 0 Å². The third kappa shape index (κ3) is 4.51. The second-order valence-electron chi connectivity index (χ2n) is 5.58. The molecular formula is C18H17Cl2NOS. The lowest BCUT2D eigenvalue weighted by molar-refractivity contribution is 0.103. The van der Waals surface area contributed by atoms with Crippen molar-refractivity contribution in [2.45, 2.75) is 6.54 Å². The molecule has 1 heterocycles. The van der Waals surface area contributed by atoms with Gasteiger partial charge in [0.15, 0.2) is 5.78 Å². The molecule has 1 aliphatic rings. The zero-order valence-electron chi connectivity index (χ0n) is 12.6. The standard InChI is InChI=1S/C18H17Cl2NOS/c19-16-9-15(10-17(20)11-16)18(22)14-3-1-2-13(8-14)12-21-4-6-23-7-5-21/h1-3,8-11H,4-7,12H2. The van der Waals surface area contributed by atoms with Crippen LogP contribution in [0.5, 0.6) is 0 Å². The molecule has 0 atom stereocenters. The van der Waals surface area contributed by atoms with Crippen LogP contribution in [0.4, 0.5) is 0 Å². The van der Waals surface area contributed by atoms with Crippen LogP contribution in [-0.4, -0.2) is 35.3 Å². The zero-order chi connectivity index (χ0) is 16.2. The van der Waals surface area contributed by atoms with Gasteiger partial charge in [0.1, 0.15) is 0 Å². The van der Waals surface area contributed by atoms with Crippen molar-refractivity contribution < 1.29 is 4.79 Å². The lowest BCUT2D eigenvalue weighted by Gasteiger charge is -2.26. The van der Waals surface area contributed by atoms with Gasteiger partial charge in [0.25, 0.3) is 0 Å². The Balaban J connectivity index is 1.79. The van der Waals surface area contributed by atoms with Gasteiger partial charge in [0.05, 0.1) is 0 Å². The van der Waals surface area contributed by atoms with Crippen molar-refractivity contribution in [3.05, 3.63) is 69.2 Å². The molecule has 0 spiro atoms. The van der Waals surface area contributed by atoms with Crippen LogP contribution < -0.4 is 0 Å². The van der Waals surface area contributed by atoms with Crippen LogP contribution in [0.3, 0.4) is 0 Å². The van der Waals surface area contributed by atoms with Gasteiger partial charge < -0.3 is 0 Å². The average Bonchev–Trinajstić information content (AvgIpc) is 2.54. The van der Waals surface area contributed by atoms with Gasteiger partial charge in [-0.1, -0.05) is 41.4 Å². The van der Waals surface area contributed by atoms with E-state index in [9.17, 15) is 4.79 Å². The van der Waals surface area contributed by atoms with Crippen molar-refractivity contribution in [2.75, 3.05) is 24.6 Å². The van der Waals surface area contributed by atoms with Gasteiger partial charge in [-0.25, -0.2) is 0 Å². The molecule has 2 aromatic carbocycles. The Hall–Kier alpha value is -1.00. The largest absolute Gasteiger partial charge is 0.297 e. The topological polar surface area (TPSA) is 20.3 Å². The van der Waals surface area contributed by atoms with Crippen molar-refractivity contribution in [1.29, 1.82) is 0 Å². The van der Waals surface area contributed by atoms with Gasteiger partial charge in [-0.2, -0.15) is 11.8 Å². The first-order valence-electron chi connectivity index (χ1n) is 7.52. The maximum atomic E-state index is 12.7. The number of benzene rings is 2. The highest BCUT2D eigenvalue weighted by Gasteiger charge is 2.14. The summed E-state index contributed by atoms with van der Waals surface area (Å²) in [4.78, 5) is 15.1. The Labute approximate surface area is 150 Å². The van der Waals surface area contributed by atoms with Gasteiger partial charge in [-0.3, -0.25) is 9.69 Å². The second-order valence-corrected chi connectivity index (χ2v) is 7.67. The fourth-order valence-electron chi connectivity index (χ4n) is 2.68. The summed E-state index contributed by atoms with van der Waals surface area (Å²) in [7, 11) is 0. The molecule has 23 heavy (non-hydrogen) atoms. The predicted molar refractivity (Wildman–Crippen MR) is 98.9 cm³/mol. The number of rotatable bonds is 4. The first kappa shape index (κ1) is 16.8. The molecule has 0 N–H and O–H groups in total. The van der Waals surface area contributed by atoms with Crippen molar-refractivity contribution in [1.82, 2.24) is 4.90 Å². The Morgan fingerprint density at radius 1 is 1.00 bits per heavy atom. The van der Waals surface area contributed by atoms with Crippen LogP contribution in [-0.2, 0) is 6.54 Å². The number of halogens is 2. The lowest BCUT2D eigenvalue weighted by Crippen LogP contribution is -2.31. The van der Waals surface area contributed by atoms with Gasteiger partial charge in [-0.15, -0.1) is 0 Å². The molecule has 120 valence electrons. The molecule has 0 bridgehead atoms. The summed E-state index contributed by atoms with van der Waals surface area (Å²) in [6.45, 7) is 3.09. The molecule has 0 amide bonds. The van der Waals surface area contributed by atoms with E-state index < -0.39 is 0 Å². The van der Waals surface area contributed by atoms with Gasteiger partial charge in [0, 0.05) is 52.3 Å². The number of hydrogen-bond donors (Lipinski definition) is 0. The highest BCUT2D eigenvalue weighted by molar-refractivity contribution is 7.99. The molecule has 2 aromatic rings. The molecule has 0 aromatic heterocycles. The van der Waals surface area contributed by atoms with E-state index in [1.165, 1.54) is 11.5 Å². The Morgan fingerprint density at radius 2 is 1.70 bits per heavy atom. The Kier molecular flexibility index (Phi) is 5.65. The van der Waals surface area contributed by atoms with E-state index in [1.54, 1.807) is 18.2 Å². The van der Waals surface area contributed by atoms with E-state index in [-0.39, 0.29) is 5.78 Å². The summed E-state index contributed by atoms with van der Waals surface area (Å²) in [6.07, 6.45) is 0. The second kappa shape index (κ2) is 7.71. The van der Waals surface area contributed by atoms with Crippen LogP contribution in [0.25, 0.3) is 0 Å². The minimum absolute atomic E-state index is 0.0505. The fourth-order valence-corrected chi connectivity index (χ4v) is 4.18. The number of ketones is 1. The molecule has 0 aliphatic carbocycles. The molecule has 0 radical (unpaired) electrons. The molecule has 1 aliphatic heterocycles. The number of carbonyl (C=O) groups excluding carboxylic acids is 1. The zero-order valence-corrected chi connectivity index (χ0v) is 14.9. The van der Waals surface area contributed by atoms with E-state index in [4.69, 9.17) is 23.2 Å². The monoisotopic (exact) mass is 365 g/mol. The molecule has 5 heteroatoms. The van der Waals surface area contributed by atoms with E-state index in [2.05, 4.69) is 11.0 Å². The van der Waals surface area contributed by atoms with Crippen LogP contribution >= 0.6 is 35.0 Å². The maximum Gasteiger partial charge on any atom is 0.193 e. The molecular weight excluding hydrogens is 349 g/mol. The normalized spacial score (nSPS) is 15.6. The predicted octanol–water partition coefficient (Wildman–Crippen LogP) is 4.77. The van der Waals surface area contributed by atoms with Crippen molar-refractivity contribution in [2.24, 2.45) is 0 Å². The van der Waals surface area contributed by atoms with Crippen LogP contribution in [0.15, 0.2) is 42.5 Å². The fraction of sp³-hybridized carbons (Fsp3) is 0.278. The molecule has 3 rings (SSSR count). The van der Waals surface area contributed by atoms with Crippen LogP contribution in [0, 0.1) is 0 Å². The van der Waals surface area contributed by atoms with Gasteiger partial charge >= 0.3 is 0 Å². The van der Waals surface area contributed by atoms with Crippen LogP contribution in [0.1, 0.15) is 21.5 Å². The summed E-state index contributed by atoms with van der Waals surface area (Å²) in [6, 6.07) is 12.8. The first-order chi connectivity index (χ1) is 11.1. The third-order valence-electron chi connectivity index (χ3n) is 3.82. The van der Waals surface area contributed by atoms with Gasteiger partial charge in [-0.05, 0) is 29.8 Å². The maximum absolute atomic E-state index is 12.7. The molecule has 0 saturated carbocycles. The lowest BCUT2D eigenvalue weighted by atomic mass is 10.0. The number of thioether (sulfide) groups is 1. The Bertz CT molecular complexity index is 694. The van der Waals surface area contributed by atoms with E-state index in [0.717, 1.165) is 25.2 Å². The third-order valence-corrected chi connectivity index (χ3v) is 5.20. The Morgan fingerprint density at radius 3 is 2.39 bits per heavy atom. The smallest absolute Gasteiger partial charge is 0.193 e. The quantitative estimate of drug-likeness (QED) is 0.727. The summed E-state index contributed by atoms with van der Waals surface area (Å²) in [5.74, 6) is 2.31. The molecule has 0 unspecified atom stereocenters. The summed E-state index contributed by atoms with van der Waals surface area (Å²) in [5.41, 5.74) is 2.36. The number of hydrogen-bond acceptors (Lipinski definition) is 3. The van der Waals surface area contributed by atoms with Crippen LogP contribution in [0.2, 0.25) is 10.0 Å². The first-order valence-corrected chi connectivity index (χ1v) is 9.43. The minimum atomic E-state index is -0.0505. The average molecular weight is 366 g/mol. The highest BCUT2D eigenvalue weighted by atomic mass is 35.5. The highest BCUT2D eigenvalue weighted by Crippen LogP contribution is 2.22. The van der Waals surface area contributed by atoms with E-state index >= 15 is 0 Å². The van der Waals surface area contributed by atoms with Crippen molar-refractivity contribution >= 4 is 40.7 Å². The number of nitrogens with zero attached hydrogens (tertiary/aromatic N) is 1. The minimum Gasteiger partial charge on any atom is -0.297 e. The van der Waals surface area contributed by atoms with Gasteiger partial charge in [0.2, 0.25) is 0 Å². The SMILES string of the molecule is O=C(c1cc(Cl)cc(Cl)c1)c1cccc(CN2CCSCC2)c1.